The van der Waals surface area contributed by atoms with Crippen LogP contribution in [0.25, 0.3) is 21.8 Å². The molecule has 0 aliphatic carbocycles. The number of carbonyl (C=O) groups is 11. The van der Waals surface area contributed by atoms with Crippen LogP contribution in [0.5, 0.6) is 0 Å². The summed E-state index contributed by atoms with van der Waals surface area (Å²) in [6.07, 6.45) is 6.10. The highest BCUT2D eigenvalue weighted by Gasteiger charge is 2.37. The predicted octanol–water partition coefficient (Wildman–Crippen LogP) is -0.515. The van der Waals surface area contributed by atoms with Crippen molar-refractivity contribution in [1.29, 1.82) is 0 Å². The van der Waals surface area contributed by atoms with Gasteiger partial charge in [0.15, 0.2) is 11.9 Å². The van der Waals surface area contributed by atoms with Crippen LogP contribution in [0.4, 0.5) is 0 Å². The summed E-state index contributed by atoms with van der Waals surface area (Å²) in [5, 5.41) is 38.8. The van der Waals surface area contributed by atoms with E-state index in [9.17, 15) is 57.8 Å². The third-order valence-electron chi connectivity index (χ3n) is 17.6. The van der Waals surface area contributed by atoms with Crippen molar-refractivity contribution in [2.45, 2.75) is 212 Å². The molecule has 10 amide bonds. The summed E-state index contributed by atoms with van der Waals surface area (Å²) >= 11 is 0. The molecule has 0 aliphatic rings. The molecule has 0 unspecified atom stereocenters. The highest BCUT2D eigenvalue weighted by Crippen LogP contribution is 2.22. The lowest BCUT2D eigenvalue weighted by molar-refractivity contribution is -0.142. The Morgan fingerprint density at radius 1 is 0.452 bits per heavy atom. The van der Waals surface area contributed by atoms with Crippen LogP contribution in [-0.2, 0) is 65.6 Å². The first-order chi connectivity index (χ1) is 49.4. The average Bonchev–Trinajstić information content (AvgIpc) is 1.65. The molecule has 0 saturated heterocycles. The van der Waals surface area contributed by atoms with E-state index in [1.165, 1.54) is 0 Å². The van der Waals surface area contributed by atoms with Crippen molar-refractivity contribution in [2.75, 3.05) is 32.7 Å². The van der Waals surface area contributed by atoms with Crippen molar-refractivity contribution in [3.63, 3.8) is 0 Å². The molecule has 27 N–H and O–H groups in total. The van der Waals surface area contributed by atoms with E-state index in [1.54, 1.807) is 53.9 Å². The lowest BCUT2D eigenvalue weighted by atomic mass is 9.96. The quantitative estimate of drug-likeness (QED) is 0.0150. The second-order valence-electron chi connectivity index (χ2n) is 27.6. The van der Waals surface area contributed by atoms with E-state index >= 15 is 0 Å². The number of rotatable bonds is 48. The minimum absolute atomic E-state index is 0.0272. The van der Waals surface area contributed by atoms with Crippen LogP contribution in [0.1, 0.15) is 150 Å². The Labute approximate surface area is 608 Å². The summed E-state index contributed by atoms with van der Waals surface area (Å²) in [4.78, 5) is 169. The number of nitrogens with two attached hydrogens (primary N) is 7. The van der Waals surface area contributed by atoms with Gasteiger partial charge in [-0.05, 0) is 143 Å². The molecule has 0 saturated carbocycles. The minimum Gasteiger partial charge on any atom is -0.480 e. The van der Waals surface area contributed by atoms with Crippen LogP contribution in [-0.4, -0.2) is 185 Å². The average molecular weight is 1450 g/mol. The van der Waals surface area contributed by atoms with Crippen LogP contribution in [0.2, 0.25) is 0 Å². The first-order valence-electron chi connectivity index (χ1n) is 36.0. The Balaban J connectivity index is 1.55. The molecule has 576 valence electrons. The zero-order chi connectivity index (χ0) is 77.2. The van der Waals surface area contributed by atoms with Gasteiger partial charge in [0, 0.05) is 53.7 Å². The van der Waals surface area contributed by atoms with Crippen LogP contribution < -0.4 is 93.3 Å². The molecule has 0 aliphatic heterocycles. The Kier molecular flexibility index (Phi) is 37.1. The standard InChI is InChI=1S/C71H115N21O12/c1-9-42(8)59(92-66(100)56(35-44-37-82-49-23-13-11-21-46(44)49)90-68(102)58(41(6)7)91-65(99)55(33-40(4)5)89-60(94)47(74)34-43-36-81-48-22-12-10-20-45(43)48)67(101)83-38-57(93)84-54(32-39(2)3)64(98)87-52(26-18-30-79-70(75)76)62(96)85-50(24-14-16-28-72)61(95)86-51(25-15-17-29-73)63(97)88-53(69(103)104)27-19-31-80-71(77)78/h10-13,20-23,36-37,39-42,47,50-56,58-59,81-82H,9,14-19,24-35,38,72-74H2,1-8H3,(H,83,101)(H,84,93)(H,85,96)(H,86,95)(H,87,98)(H,88,97)(H,89,94)(H,90,102)(H,91,99)(H,92,100)(H,103,104)(H4,75,76,79)(H4,77,78,80)/t42-,47-,50-,51-,52-,53-,54-,55-,56-,58-,59-/m0/s1. The Bertz CT molecular complexity index is 3530. The van der Waals surface area contributed by atoms with Crippen LogP contribution in [0, 0.1) is 23.7 Å². The number of aliphatic carboxylic acids is 1. The predicted molar refractivity (Wildman–Crippen MR) is 399 cm³/mol. The summed E-state index contributed by atoms with van der Waals surface area (Å²) in [5.74, 6) is -10.7. The molecular weight excluding hydrogens is 1340 g/mol. The molecule has 0 spiro atoms. The normalized spacial score (nSPS) is 14.6. The number of aliphatic imine (C=N–C) groups is 2. The monoisotopic (exact) mass is 1450 g/mol. The maximum absolute atomic E-state index is 14.9. The minimum atomic E-state index is -1.37. The second-order valence-corrected chi connectivity index (χ2v) is 27.6. The van der Waals surface area contributed by atoms with Crippen LogP contribution in [0.15, 0.2) is 70.9 Å². The van der Waals surface area contributed by atoms with Crippen molar-refractivity contribution in [3.05, 3.63) is 72.1 Å². The zero-order valence-corrected chi connectivity index (χ0v) is 61.4. The van der Waals surface area contributed by atoms with E-state index in [1.807, 2.05) is 62.4 Å². The fourth-order valence-corrected chi connectivity index (χ4v) is 11.7. The molecule has 0 bridgehead atoms. The Morgan fingerprint density at radius 3 is 1.30 bits per heavy atom. The molecule has 33 nitrogen and oxygen atoms in total. The highest BCUT2D eigenvalue weighted by atomic mass is 16.4. The van der Waals surface area contributed by atoms with Crippen molar-refractivity contribution in [3.8, 4) is 0 Å². The number of carboxylic acids is 1. The number of para-hydroxylation sites is 2. The zero-order valence-electron chi connectivity index (χ0n) is 61.4. The lowest BCUT2D eigenvalue weighted by Gasteiger charge is -2.29. The van der Waals surface area contributed by atoms with Gasteiger partial charge < -0.3 is 108 Å². The maximum Gasteiger partial charge on any atom is 0.326 e. The number of nitrogens with zero attached hydrogens (tertiary/aromatic N) is 2. The largest absolute Gasteiger partial charge is 0.480 e. The summed E-state index contributed by atoms with van der Waals surface area (Å²) in [6, 6.07) is 2.33. The van der Waals surface area contributed by atoms with Gasteiger partial charge in [-0.2, -0.15) is 0 Å². The molecule has 33 heteroatoms. The smallest absolute Gasteiger partial charge is 0.326 e. The fourth-order valence-electron chi connectivity index (χ4n) is 11.7. The van der Waals surface area contributed by atoms with E-state index in [2.05, 4.69) is 73.1 Å². The molecule has 4 rings (SSSR count). The Hall–Kier alpha value is -9.89. The van der Waals surface area contributed by atoms with Crippen LogP contribution in [0.3, 0.4) is 0 Å². The first kappa shape index (κ1) is 86.5. The van der Waals surface area contributed by atoms with Gasteiger partial charge in [0.05, 0.1) is 12.6 Å². The van der Waals surface area contributed by atoms with E-state index < -0.39 is 144 Å². The molecular formula is C71H115N21O12. The molecule has 11 atom stereocenters. The lowest BCUT2D eigenvalue weighted by Crippen LogP contribution is -2.61. The first-order valence-corrected chi connectivity index (χ1v) is 36.0. The van der Waals surface area contributed by atoms with E-state index in [-0.39, 0.29) is 114 Å². The van der Waals surface area contributed by atoms with Crippen molar-refractivity contribution in [2.24, 2.45) is 73.8 Å². The number of carbonyl (C=O) groups excluding carboxylic acids is 10. The van der Waals surface area contributed by atoms with E-state index in [0.717, 1.165) is 27.4 Å². The number of guanidine groups is 2. The number of benzene rings is 2. The van der Waals surface area contributed by atoms with Gasteiger partial charge in [-0.1, -0.05) is 98.2 Å². The van der Waals surface area contributed by atoms with Gasteiger partial charge in [0.25, 0.3) is 0 Å². The molecule has 2 aromatic carbocycles. The number of fused-ring (bicyclic) bond motifs is 2. The number of H-pyrrole nitrogens is 2. The highest BCUT2D eigenvalue weighted by molar-refractivity contribution is 5.99. The number of carboxylic acid groups (broad SMARTS) is 1. The molecule has 4 aromatic rings. The third kappa shape index (κ3) is 29.5. The topological polar surface area (TPSA) is 567 Å². The summed E-state index contributed by atoms with van der Waals surface area (Å²) in [7, 11) is 0. The van der Waals surface area contributed by atoms with Gasteiger partial charge in [-0.15, -0.1) is 0 Å². The number of nitrogens with one attached hydrogen (secondary N) is 12. The Morgan fingerprint density at radius 2 is 0.846 bits per heavy atom. The molecule has 2 heterocycles. The van der Waals surface area contributed by atoms with Crippen molar-refractivity contribution < 1.29 is 57.8 Å². The van der Waals surface area contributed by atoms with Crippen molar-refractivity contribution in [1.82, 2.24) is 63.1 Å². The van der Waals surface area contributed by atoms with Gasteiger partial charge in [-0.3, -0.25) is 57.9 Å². The SMILES string of the molecule is CC[C@H](C)[C@H](NC(=O)[C@H](Cc1c[nH]c2ccccc12)NC(=O)[C@@H](NC(=O)[C@H](CC(C)C)NC(=O)[C@@H](N)Cc1c[nH]c2ccccc12)C(C)C)C(=O)NCC(=O)N[C@@H](CC(C)C)C(=O)N[C@@H](CCCN=C(N)N)C(=O)N[C@@H](CCCCN)C(=O)N[C@@H](CCCCN)C(=O)N[C@@H](CCCN=C(N)N)C(=O)O. The van der Waals surface area contributed by atoms with Gasteiger partial charge in [0.1, 0.15) is 54.4 Å². The summed E-state index contributed by atoms with van der Waals surface area (Å²) in [6.45, 7) is 14.2. The number of aromatic amines is 2. The maximum atomic E-state index is 14.9. The summed E-state index contributed by atoms with van der Waals surface area (Å²) in [5.41, 5.74) is 43.1. The van der Waals surface area contributed by atoms with E-state index in [4.69, 9.17) is 40.1 Å². The number of hydrogen-bond acceptors (Lipinski definition) is 16. The number of amides is 10. The number of unbranched alkanes of at least 4 members (excludes halogenated alkanes) is 2. The van der Waals surface area contributed by atoms with Gasteiger partial charge in [0.2, 0.25) is 59.1 Å². The molecule has 0 radical (unpaired) electrons. The number of hydrogen-bond donors (Lipinski definition) is 20. The van der Waals surface area contributed by atoms with Gasteiger partial charge in [-0.25, -0.2) is 4.79 Å². The van der Waals surface area contributed by atoms with Crippen LogP contribution >= 0.6 is 0 Å². The number of aromatic nitrogens is 2. The molecule has 0 fully saturated rings. The summed E-state index contributed by atoms with van der Waals surface area (Å²) < 4.78 is 0. The van der Waals surface area contributed by atoms with Gasteiger partial charge >= 0.3 is 5.97 Å². The molecule has 2 aromatic heterocycles. The fraction of sp³-hybridized carbons (Fsp3) is 0.592. The van der Waals surface area contributed by atoms with E-state index in [0.29, 0.717) is 37.7 Å². The second kappa shape index (κ2) is 44.6. The van der Waals surface area contributed by atoms with Crippen molar-refractivity contribution >= 4 is 98.8 Å². The third-order valence-corrected chi connectivity index (χ3v) is 17.6. The molecule has 104 heavy (non-hydrogen) atoms.